The minimum Gasteiger partial charge on any atom is -0.508 e. The topological polar surface area (TPSA) is 420 Å². The second kappa shape index (κ2) is 17.6. The second-order valence-corrected chi connectivity index (χ2v) is 21.4. The molecule has 4 bridgehead atoms. The van der Waals surface area contributed by atoms with Gasteiger partial charge in [-0.05, 0) is 71.8 Å². The first-order chi connectivity index (χ1) is 40.0. The van der Waals surface area contributed by atoms with Crippen molar-refractivity contribution >= 4 is 0 Å². The van der Waals surface area contributed by atoms with Gasteiger partial charge in [0, 0.05) is 86.8 Å². The molecule has 84 heavy (non-hydrogen) atoms. The molecule has 24 nitrogen and oxygen atoms in total. The highest BCUT2D eigenvalue weighted by molar-refractivity contribution is 5.78. The van der Waals surface area contributed by atoms with Crippen molar-refractivity contribution < 1.29 is 120 Å². The van der Waals surface area contributed by atoms with Gasteiger partial charge in [0.15, 0.2) is 52.1 Å². The zero-order valence-corrected chi connectivity index (χ0v) is 42.7. The maximum Gasteiger partial charge on any atom is 0.305 e. The maximum atomic E-state index is 13.5. The van der Waals surface area contributed by atoms with Gasteiger partial charge in [0.2, 0.25) is 0 Å². The third-order valence-electron chi connectivity index (χ3n) is 16.7. The largest absolute Gasteiger partial charge is 0.508 e. The van der Waals surface area contributed by atoms with Crippen LogP contribution in [0.5, 0.6) is 115 Å². The fourth-order valence-corrected chi connectivity index (χ4v) is 12.9. The molecule has 18 N–H and O–H groups in total. The number of hydrogen-bond acceptors (Lipinski definition) is 24. The Morgan fingerprint density at radius 2 is 0.750 bits per heavy atom. The number of hydrogen-bond donors (Lipinski definition) is 18. The summed E-state index contributed by atoms with van der Waals surface area (Å²) in [6.45, 7) is 0. The predicted octanol–water partition coefficient (Wildman–Crippen LogP) is 5.49. The summed E-state index contributed by atoms with van der Waals surface area (Å²) in [5.74, 6) is -22.7. The van der Waals surface area contributed by atoms with Crippen LogP contribution in [0.15, 0.2) is 103 Å². The highest BCUT2D eigenvalue weighted by Crippen LogP contribution is 2.71. The fraction of sp³-hybridized carbons (Fsp3) is 0.200. The van der Waals surface area contributed by atoms with E-state index >= 15 is 0 Å². The minimum atomic E-state index is -2.69. The Bertz CT molecular complexity index is 4180. The molecule has 6 aliphatic heterocycles. The summed E-state index contributed by atoms with van der Waals surface area (Å²) in [7, 11) is 0. The van der Waals surface area contributed by atoms with E-state index in [9.17, 15) is 91.9 Å². The molecule has 14 rings (SSSR count). The Hall–Kier alpha value is -10.4. The number of phenols is 14. The monoisotopic (exact) mass is 1150 g/mol. The van der Waals surface area contributed by atoms with Crippen LogP contribution in [0.4, 0.5) is 0 Å². The van der Waals surface area contributed by atoms with Crippen LogP contribution in [-0.2, 0) is 18.0 Å². The smallest absolute Gasteiger partial charge is 0.305 e. The third kappa shape index (κ3) is 7.01. The van der Waals surface area contributed by atoms with E-state index < -0.39 is 181 Å². The van der Waals surface area contributed by atoms with E-state index in [0.29, 0.717) is 0 Å². The minimum absolute atomic E-state index is 0.0699. The molecule has 0 saturated heterocycles. The number of benzene rings is 8. The quantitative estimate of drug-likeness (QED) is 0.0947. The number of ether oxygens (including phenoxy) is 6. The van der Waals surface area contributed by atoms with E-state index in [4.69, 9.17) is 28.4 Å². The van der Waals surface area contributed by atoms with Crippen LogP contribution in [0.1, 0.15) is 91.2 Å². The van der Waals surface area contributed by atoms with Crippen molar-refractivity contribution in [2.45, 2.75) is 72.4 Å². The van der Waals surface area contributed by atoms with E-state index in [1.165, 1.54) is 24.3 Å². The van der Waals surface area contributed by atoms with Crippen LogP contribution < -0.4 is 28.4 Å². The van der Waals surface area contributed by atoms with Crippen LogP contribution in [0.2, 0.25) is 0 Å². The lowest BCUT2D eigenvalue weighted by Crippen LogP contribution is -2.60. The molecule has 0 fully saturated rings. The Labute approximate surface area is 470 Å². The lowest BCUT2D eigenvalue weighted by Gasteiger charge is -2.55. The molecule has 430 valence electrons. The first-order valence-corrected chi connectivity index (χ1v) is 25.8. The summed E-state index contributed by atoms with van der Waals surface area (Å²) in [5, 5.41) is 208. The van der Waals surface area contributed by atoms with Crippen molar-refractivity contribution in [3.05, 3.63) is 164 Å². The molecule has 0 unspecified atom stereocenters. The van der Waals surface area contributed by atoms with Gasteiger partial charge in [-0.3, -0.25) is 0 Å². The van der Waals surface area contributed by atoms with E-state index in [0.717, 1.165) is 78.9 Å². The number of phenolic OH excluding ortho intramolecular Hbond substituents is 14. The van der Waals surface area contributed by atoms with E-state index in [-0.39, 0.29) is 67.1 Å². The molecule has 11 atom stereocenters. The molecule has 8 aromatic carbocycles. The Kier molecular flexibility index (Phi) is 10.8. The van der Waals surface area contributed by atoms with Crippen molar-refractivity contribution in [2.24, 2.45) is 0 Å². The van der Waals surface area contributed by atoms with Crippen molar-refractivity contribution in [2.75, 3.05) is 0 Å². The van der Waals surface area contributed by atoms with Crippen molar-refractivity contribution in [1.82, 2.24) is 0 Å². The summed E-state index contributed by atoms with van der Waals surface area (Å²) in [4.78, 5) is 0. The average molecular weight is 1150 g/mol. The SMILES string of the molecule is Oc1cc(O)c2c(c1)O[C@@]1(c3ccc(O)c(O)c3)Oc3c4c(c5c(c3[C@@H]2[C@@H]1O)O[C@]1(c2ccc(O)c(O)c2)Oc2cc(O)cc(O)c2[C@H]5[C@@H]1O)O[C@H](c1ccc(O)c(O)c1)[C@H](O)[C@H]4c1c(O)cc(O)c2c1O[C@H](c1ccc(O)c(O)c1)[C@@H](O)C2. The van der Waals surface area contributed by atoms with Gasteiger partial charge in [0.1, 0.15) is 93.4 Å². The molecule has 0 spiro atoms. The normalized spacial score (nSPS) is 26.3. The lowest BCUT2D eigenvalue weighted by molar-refractivity contribution is -0.228. The summed E-state index contributed by atoms with van der Waals surface area (Å²) in [6, 6.07) is 18.2. The number of fused-ring (bicyclic) bond motifs is 17. The molecule has 0 saturated carbocycles. The first kappa shape index (κ1) is 51.7. The molecule has 0 aliphatic carbocycles. The van der Waals surface area contributed by atoms with Crippen molar-refractivity contribution in [3.8, 4) is 115 Å². The van der Waals surface area contributed by atoms with Crippen LogP contribution in [0.25, 0.3) is 0 Å². The fourth-order valence-electron chi connectivity index (χ4n) is 12.9. The van der Waals surface area contributed by atoms with Gasteiger partial charge in [-0.15, -0.1) is 0 Å². The Morgan fingerprint density at radius 3 is 1.23 bits per heavy atom. The molecular formula is C60H46O24. The van der Waals surface area contributed by atoms with Crippen LogP contribution in [0, 0.1) is 0 Å². The van der Waals surface area contributed by atoms with Crippen molar-refractivity contribution in [1.29, 1.82) is 0 Å². The maximum absolute atomic E-state index is 13.5. The molecule has 6 heterocycles. The Balaban J connectivity index is 1.16. The molecular weight excluding hydrogens is 1100 g/mol. The summed E-state index contributed by atoms with van der Waals surface area (Å²) < 4.78 is 41.0. The first-order valence-electron chi connectivity index (χ1n) is 25.8. The number of aliphatic hydroxyl groups is 4. The molecule has 6 aliphatic rings. The number of rotatable bonds is 5. The summed E-state index contributed by atoms with van der Waals surface area (Å²) >= 11 is 0. The lowest BCUT2D eigenvalue weighted by atomic mass is 9.67. The van der Waals surface area contributed by atoms with Gasteiger partial charge < -0.3 is 120 Å². The highest BCUT2D eigenvalue weighted by atomic mass is 16.7. The second-order valence-electron chi connectivity index (χ2n) is 21.4. The molecule has 0 aromatic heterocycles. The van der Waals surface area contributed by atoms with Gasteiger partial charge in [0.05, 0.1) is 23.9 Å². The molecule has 8 aromatic rings. The number of aromatic hydroxyl groups is 14. The van der Waals surface area contributed by atoms with Crippen LogP contribution in [0.3, 0.4) is 0 Å². The van der Waals surface area contributed by atoms with E-state index in [1.54, 1.807) is 0 Å². The van der Waals surface area contributed by atoms with Gasteiger partial charge in [-0.1, -0.05) is 12.1 Å². The zero-order chi connectivity index (χ0) is 59.1. The number of aliphatic hydroxyl groups excluding tert-OH is 4. The van der Waals surface area contributed by atoms with Gasteiger partial charge >= 0.3 is 11.6 Å². The third-order valence-corrected chi connectivity index (χ3v) is 16.7. The van der Waals surface area contributed by atoms with Crippen LogP contribution in [-0.4, -0.2) is 116 Å². The molecule has 0 radical (unpaired) electrons. The van der Waals surface area contributed by atoms with E-state index in [2.05, 4.69) is 0 Å². The molecule has 0 amide bonds. The highest BCUT2D eigenvalue weighted by Gasteiger charge is 2.66. The van der Waals surface area contributed by atoms with Gasteiger partial charge in [-0.25, -0.2) is 0 Å². The standard InChI is InChI=1S/C60H46O24/c61-23-13-35(72)41-39(15-23)81-59(21-3-7-28(65)33(70)11-21)57(77)45(41)48-54-47(55-49(56(48)84-59)46-42-36(73)14-24(62)16-40(42)82-60(83-55,58(46)78)22-4-8-29(66)34(71)12-22)44(50(76)52(80-54)20-2-6-27(64)32(69)10-20)43-37(74)18-30(67)25-17-38(75)51(79-53(25)43)19-1-5-26(63)31(68)9-19/h1-16,18,38,44-46,50-52,57-58,61-78H,17H2/t38-,44-,45+,46+,50+,51+,52+,57-,58-,59-,60-/m0/s1. The van der Waals surface area contributed by atoms with Gasteiger partial charge in [-0.2, -0.15) is 0 Å². The summed E-state index contributed by atoms with van der Waals surface area (Å²) in [5.41, 5.74) is -2.63. The van der Waals surface area contributed by atoms with E-state index in [1.807, 2.05) is 0 Å². The molecule has 24 heteroatoms. The average Bonchev–Trinajstić information content (AvgIpc) is 1.10. The van der Waals surface area contributed by atoms with Crippen molar-refractivity contribution in [3.63, 3.8) is 0 Å². The Morgan fingerprint density at radius 1 is 0.333 bits per heavy atom. The predicted molar refractivity (Wildman–Crippen MR) is 281 cm³/mol. The summed E-state index contributed by atoms with van der Waals surface area (Å²) in [6.07, 6.45) is -11.6. The zero-order valence-electron chi connectivity index (χ0n) is 42.7. The van der Waals surface area contributed by atoms with Gasteiger partial charge in [0.25, 0.3) is 0 Å². The van der Waals surface area contributed by atoms with Crippen LogP contribution >= 0.6 is 0 Å².